The molecule has 2 heterocycles. The van der Waals surface area contributed by atoms with Gasteiger partial charge in [-0.05, 0) is 54.1 Å². The first-order valence-electron chi connectivity index (χ1n) is 17.3. The Morgan fingerprint density at radius 2 is 1.78 bits per heavy atom. The number of piperidine rings is 1. The Balaban J connectivity index is 1.52. The Morgan fingerprint density at radius 1 is 1.08 bits per heavy atom. The van der Waals surface area contributed by atoms with Crippen molar-refractivity contribution in [3.8, 4) is 24.7 Å². The van der Waals surface area contributed by atoms with E-state index in [0.29, 0.717) is 25.1 Å². The number of hydrogen-bond donors (Lipinski definition) is 4. The molecule has 50 heavy (non-hydrogen) atoms. The van der Waals surface area contributed by atoms with Crippen LogP contribution in [0.3, 0.4) is 0 Å². The molecule has 4 N–H and O–H groups in total. The van der Waals surface area contributed by atoms with Gasteiger partial charge in [-0.3, -0.25) is 23.4 Å². The molecule has 2 aliphatic carbocycles. The highest BCUT2D eigenvalue weighted by Crippen LogP contribution is 2.65. The maximum atomic E-state index is 14.4. The van der Waals surface area contributed by atoms with Gasteiger partial charge in [-0.2, -0.15) is 0 Å². The number of fused-ring (bicyclic) bond motifs is 1. The van der Waals surface area contributed by atoms with E-state index in [1.54, 1.807) is 12.1 Å². The third-order valence-corrected chi connectivity index (χ3v) is 11.9. The van der Waals surface area contributed by atoms with Crippen LogP contribution in [-0.2, 0) is 35.7 Å². The zero-order valence-corrected chi connectivity index (χ0v) is 30.6. The van der Waals surface area contributed by atoms with Gasteiger partial charge >= 0.3 is 6.03 Å². The summed E-state index contributed by atoms with van der Waals surface area (Å²) in [6.07, 6.45) is 16.4. The molecule has 0 aromatic carbocycles. The Hall–Kier alpha value is -4.10. The average molecular weight is 710 g/mol. The number of hydrogen-bond acceptors (Lipinski definition) is 7. The van der Waals surface area contributed by atoms with Gasteiger partial charge in [0.25, 0.3) is 5.91 Å². The molecule has 3 aliphatic rings. The van der Waals surface area contributed by atoms with Crippen molar-refractivity contribution in [3.63, 3.8) is 0 Å². The van der Waals surface area contributed by atoms with E-state index >= 15 is 0 Å². The lowest BCUT2D eigenvalue weighted by Crippen LogP contribution is -2.63. The monoisotopic (exact) mass is 709 g/mol. The fourth-order valence-electron chi connectivity index (χ4n) is 7.61. The van der Waals surface area contributed by atoms with Gasteiger partial charge in [0.2, 0.25) is 17.6 Å². The van der Waals surface area contributed by atoms with Crippen LogP contribution in [0.1, 0.15) is 85.3 Å². The third kappa shape index (κ3) is 8.97. The first-order valence-corrected chi connectivity index (χ1v) is 18.8. The largest absolute Gasteiger partial charge is 0.468 e. The normalized spacial score (nSPS) is 23.5. The summed E-state index contributed by atoms with van der Waals surface area (Å²) in [6, 6.07) is -0.174. The lowest BCUT2D eigenvalue weighted by atomic mass is 9.83. The van der Waals surface area contributed by atoms with Gasteiger partial charge < -0.3 is 30.6 Å². The van der Waals surface area contributed by atoms with Gasteiger partial charge in [0, 0.05) is 29.5 Å². The first-order chi connectivity index (χ1) is 23.5. The molecule has 0 radical (unpaired) electrons. The second-order valence-corrected chi connectivity index (χ2v) is 16.9. The molecule has 0 bridgehead atoms. The van der Waals surface area contributed by atoms with Crippen molar-refractivity contribution >= 4 is 40.3 Å². The Labute approximate surface area is 297 Å². The molecule has 2 unspecified atom stereocenters. The number of terminal acetylenes is 2. The molecule has 3 fully saturated rings. The van der Waals surface area contributed by atoms with Crippen molar-refractivity contribution in [2.75, 3.05) is 18.8 Å². The maximum absolute atomic E-state index is 14.4. The maximum Gasteiger partial charge on any atom is 0.315 e. The molecule has 13 heteroatoms. The minimum Gasteiger partial charge on any atom is -0.468 e. The molecule has 0 spiro atoms. The van der Waals surface area contributed by atoms with Crippen molar-refractivity contribution in [1.82, 2.24) is 26.2 Å². The van der Waals surface area contributed by atoms with Crippen LogP contribution < -0.4 is 21.3 Å². The summed E-state index contributed by atoms with van der Waals surface area (Å²) >= 11 is 0. The van der Waals surface area contributed by atoms with E-state index in [2.05, 4.69) is 33.1 Å². The van der Waals surface area contributed by atoms with Crippen LogP contribution in [0.15, 0.2) is 22.8 Å². The van der Waals surface area contributed by atoms with Crippen LogP contribution in [-0.4, -0.2) is 81.2 Å². The van der Waals surface area contributed by atoms with Gasteiger partial charge in [-0.1, -0.05) is 59.8 Å². The van der Waals surface area contributed by atoms with E-state index < -0.39 is 69.4 Å². The predicted octanol–water partition coefficient (Wildman–Crippen LogP) is 2.64. The molecule has 1 aromatic heterocycles. The number of nitrogens with zero attached hydrogens (tertiary/aromatic N) is 1. The minimum atomic E-state index is -1.30. The van der Waals surface area contributed by atoms with Crippen LogP contribution in [0.5, 0.6) is 0 Å². The van der Waals surface area contributed by atoms with Crippen LogP contribution in [0.4, 0.5) is 4.79 Å². The van der Waals surface area contributed by atoms with E-state index in [1.165, 1.54) is 11.2 Å². The highest BCUT2D eigenvalue weighted by atomic mass is 32.2. The number of furan rings is 1. The van der Waals surface area contributed by atoms with Crippen LogP contribution in [0.2, 0.25) is 0 Å². The van der Waals surface area contributed by atoms with E-state index in [-0.39, 0.29) is 48.1 Å². The van der Waals surface area contributed by atoms with E-state index in [1.807, 2.05) is 34.6 Å². The lowest BCUT2D eigenvalue weighted by Gasteiger charge is -2.40. The smallest absolute Gasteiger partial charge is 0.315 e. The second kappa shape index (κ2) is 15.8. The molecule has 1 aromatic rings. The standard InChI is InChI=1S/C37H51N5O7S/c1-8-10-16-26(29(43)32(45)38-19-9-2)39-31(44)28-27-25(36(27,6)7)21-42(28)33(46)30(35(3,4)5)40-34(47)41-37(17-12-11-13-18-37)23-50(48)22-24-15-14-20-49-24/h1-2,14-15,20,25-28,30H,10-13,16-19,21-23H2,3-7H3,(H,38,45)(H,39,44)(H2,40,41,47)/t25-,26?,27-,28-,30+,50?/m0/s1. The van der Waals surface area contributed by atoms with Crippen LogP contribution in [0.25, 0.3) is 0 Å². The number of Topliss-reactive ketones (excluding diaryl/α,β-unsaturated/α-hetero) is 1. The Morgan fingerprint density at radius 3 is 2.38 bits per heavy atom. The van der Waals surface area contributed by atoms with Gasteiger partial charge in [0.15, 0.2) is 0 Å². The number of nitrogens with one attached hydrogen (secondary N) is 4. The quantitative estimate of drug-likeness (QED) is 0.170. The zero-order chi connectivity index (χ0) is 36.9. The molecule has 6 atom stereocenters. The third-order valence-electron chi connectivity index (χ3n) is 10.4. The highest BCUT2D eigenvalue weighted by molar-refractivity contribution is 7.84. The molecule has 1 saturated heterocycles. The van der Waals surface area contributed by atoms with E-state index in [9.17, 15) is 28.2 Å². The number of amides is 5. The average Bonchev–Trinajstić information content (AvgIpc) is 3.46. The van der Waals surface area contributed by atoms with Gasteiger partial charge in [-0.25, -0.2) is 4.79 Å². The number of carbonyl (C=O) groups is 5. The molecule has 2 saturated carbocycles. The molecule has 5 amide bonds. The summed E-state index contributed by atoms with van der Waals surface area (Å²) in [4.78, 5) is 69.2. The van der Waals surface area contributed by atoms with Gasteiger partial charge in [0.1, 0.15) is 17.8 Å². The van der Waals surface area contributed by atoms with Crippen molar-refractivity contribution < 1.29 is 32.6 Å². The van der Waals surface area contributed by atoms with Crippen LogP contribution >= 0.6 is 0 Å². The molecule has 1 aliphatic heterocycles. The number of ketones is 1. The minimum absolute atomic E-state index is 0.0308. The van der Waals surface area contributed by atoms with Crippen molar-refractivity contribution in [3.05, 3.63) is 24.2 Å². The summed E-state index contributed by atoms with van der Waals surface area (Å²) in [7, 11) is -1.30. The number of rotatable bonds is 14. The zero-order valence-electron chi connectivity index (χ0n) is 29.8. The summed E-state index contributed by atoms with van der Waals surface area (Å²) in [5.41, 5.74) is -1.69. The number of likely N-dealkylation sites (tertiary alicyclic amines) is 1. The fraction of sp³-hybridized carbons (Fsp3) is 0.649. The van der Waals surface area contributed by atoms with E-state index in [0.717, 1.165) is 19.3 Å². The highest BCUT2D eigenvalue weighted by Gasteiger charge is 2.70. The SMILES string of the molecule is C#CCCC(NC(=O)[C@@H]1[C@@H]2[C@H](CN1C(=O)[C@@H](NC(=O)NC1(CS(=O)Cc3ccco3)CCCCC1)C(C)(C)C)C2(C)C)C(=O)C(=O)NCC#C. The molecular weight excluding hydrogens is 659 g/mol. The van der Waals surface area contributed by atoms with E-state index in [4.69, 9.17) is 17.3 Å². The fourth-order valence-corrected chi connectivity index (χ4v) is 9.17. The lowest BCUT2D eigenvalue weighted by molar-refractivity contribution is -0.145. The van der Waals surface area contributed by atoms with Crippen molar-refractivity contribution in [1.29, 1.82) is 0 Å². The Bertz CT molecular complexity index is 1540. The number of carbonyl (C=O) groups excluding carboxylic acids is 5. The van der Waals surface area contributed by atoms with Gasteiger partial charge in [-0.15, -0.1) is 18.8 Å². The van der Waals surface area contributed by atoms with Crippen molar-refractivity contribution in [2.24, 2.45) is 22.7 Å². The Kier molecular flexibility index (Phi) is 12.3. The topological polar surface area (TPSA) is 167 Å². The second-order valence-electron chi connectivity index (χ2n) is 15.5. The summed E-state index contributed by atoms with van der Waals surface area (Å²) in [5.74, 6) is 2.83. The summed E-state index contributed by atoms with van der Waals surface area (Å²) in [6.45, 7) is 9.72. The van der Waals surface area contributed by atoms with Crippen LogP contribution in [0, 0.1) is 47.4 Å². The van der Waals surface area contributed by atoms with Crippen molar-refractivity contribution in [2.45, 2.75) is 109 Å². The van der Waals surface area contributed by atoms with Gasteiger partial charge in [0.05, 0.1) is 30.1 Å². The molecule has 12 nitrogen and oxygen atoms in total. The molecule has 4 rings (SSSR count). The molecule has 272 valence electrons. The summed E-state index contributed by atoms with van der Waals surface area (Å²) in [5, 5.41) is 11.1. The number of urea groups is 1. The predicted molar refractivity (Wildman–Crippen MR) is 189 cm³/mol. The first kappa shape index (κ1) is 38.7. The molecular formula is C37H51N5O7S. The summed E-state index contributed by atoms with van der Waals surface area (Å²) < 4.78 is 18.6.